The van der Waals surface area contributed by atoms with Gasteiger partial charge >= 0.3 is 0 Å². The van der Waals surface area contributed by atoms with Gasteiger partial charge in [-0.15, -0.1) is 11.8 Å². The number of hydrogen-bond donors (Lipinski definition) is 1. The number of benzene rings is 3. The summed E-state index contributed by atoms with van der Waals surface area (Å²) in [5.41, 5.74) is 3.30. The number of carbonyl (C=O) groups excluding carboxylic acids is 2. The van der Waals surface area contributed by atoms with Crippen LogP contribution in [0.2, 0.25) is 0 Å². The summed E-state index contributed by atoms with van der Waals surface area (Å²) in [5.74, 6) is 1.70. The van der Waals surface area contributed by atoms with E-state index in [1.165, 1.54) is 0 Å². The Morgan fingerprint density at radius 3 is 2.50 bits per heavy atom. The van der Waals surface area contributed by atoms with Crippen LogP contribution in [0.5, 0.6) is 11.5 Å². The molecule has 0 aromatic heterocycles. The molecule has 0 bridgehead atoms. The molecule has 0 aliphatic carbocycles. The van der Waals surface area contributed by atoms with Gasteiger partial charge in [0, 0.05) is 23.9 Å². The fraction of sp³-hybridized carbons (Fsp3) is 0.200. The lowest BCUT2D eigenvalue weighted by atomic mass is 10.1. The standard InChI is InChI=1S/C25H22N2O4S/c28-23-16-32-25(27(23)15-17-4-2-1-3-5-17)19-8-6-18(7-9-19)24(29)26-20-10-11-21-22(14-20)31-13-12-30-21/h1-11,14,25H,12-13,15-16H2,(H,26,29)/t25-/m0/s1. The number of amides is 2. The molecule has 0 spiro atoms. The van der Waals surface area contributed by atoms with Crippen LogP contribution in [0.3, 0.4) is 0 Å². The Balaban J connectivity index is 1.28. The fourth-order valence-electron chi connectivity index (χ4n) is 3.80. The molecule has 5 rings (SSSR count). The first-order valence-corrected chi connectivity index (χ1v) is 11.5. The normalized spacial score (nSPS) is 17.3. The maximum Gasteiger partial charge on any atom is 0.255 e. The Labute approximate surface area is 190 Å². The van der Waals surface area contributed by atoms with E-state index >= 15 is 0 Å². The summed E-state index contributed by atoms with van der Waals surface area (Å²) in [6.07, 6.45) is 0. The summed E-state index contributed by atoms with van der Waals surface area (Å²) in [4.78, 5) is 27.1. The molecule has 2 aliphatic rings. The van der Waals surface area contributed by atoms with E-state index in [1.54, 1.807) is 42.1 Å². The summed E-state index contributed by atoms with van der Waals surface area (Å²) in [6, 6.07) is 22.8. The average molecular weight is 447 g/mol. The van der Waals surface area contributed by atoms with Gasteiger partial charge in [-0.2, -0.15) is 0 Å². The van der Waals surface area contributed by atoms with E-state index in [1.807, 2.05) is 47.4 Å². The van der Waals surface area contributed by atoms with Gasteiger partial charge in [-0.05, 0) is 35.4 Å². The number of thioether (sulfide) groups is 1. The Kier molecular flexibility index (Phi) is 5.73. The first-order chi connectivity index (χ1) is 15.7. The molecule has 6 nitrogen and oxygen atoms in total. The molecule has 0 radical (unpaired) electrons. The lowest BCUT2D eigenvalue weighted by Gasteiger charge is -2.24. The minimum Gasteiger partial charge on any atom is -0.486 e. The van der Waals surface area contributed by atoms with E-state index < -0.39 is 0 Å². The van der Waals surface area contributed by atoms with Crippen LogP contribution in [0, 0.1) is 0 Å². The molecule has 2 heterocycles. The first-order valence-electron chi connectivity index (χ1n) is 10.4. The zero-order valence-electron chi connectivity index (χ0n) is 17.3. The highest BCUT2D eigenvalue weighted by atomic mass is 32.2. The third-order valence-electron chi connectivity index (χ3n) is 5.42. The highest BCUT2D eigenvalue weighted by Crippen LogP contribution is 2.39. The average Bonchev–Trinajstić information content (AvgIpc) is 3.19. The Morgan fingerprint density at radius 1 is 0.969 bits per heavy atom. The van der Waals surface area contributed by atoms with Gasteiger partial charge in [-0.25, -0.2) is 0 Å². The van der Waals surface area contributed by atoms with Crippen molar-refractivity contribution < 1.29 is 19.1 Å². The molecule has 7 heteroatoms. The third kappa shape index (κ3) is 4.29. The second-order valence-corrected chi connectivity index (χ2v) is 8.67. The summed E-state index contributed by atoms with van der Waals surface area (Å²) < 4.78 is 11.1. The summed E-state index contributed by atoms with van der Waals surface area (Å²) in [5, 5.41) is 2.84. The molecule has 1 atom stereocenters. The van der Waals surface area contributed by atoms with E-state index in [4.69, 9.17) is 9.47 Å². The maximum absolute atomic E-state index is 12.7. The van der Waals surface area contributed by atoms with Crippen LogP contribution >= 0.6 is 11.8 Å². The molecular weight excluding hydrogens is 424 g/mol. The number of anilines is 1. The molecular formula is C25H22N2O4S. The molecule has 32 heavy (non-hydrogen) atoms. The van der Waals surface area contributed by atoms with Crippen LogP contribution in [0.1, 0.15) is 26.9 Å². The second kappa shape index (κ2) is 8.96. The van der Waals surface area contributed by atoms with Crippen LogP contribution in [-0.4, -0.2) is 35.7 Å². The van der Waals surface area contributed by atoms with Crippen LogP contribution in [0.25, 0.3) is 0 Å². The van der Waals surface area contributed by atoms with Gasteiger partial charge in [-0.1, -0.05) is 42.5 Å². The number of rotatable bonds is 5. The van der Waals surface area contributed by atoms with Crippen molar-refractivity contribution in [2.75, 3.05) is 24.3 Å². The maximum atomic E-state index is 12.7. The molecule has 162 valence electrons. The number of nitrogens with one attached hydrogen (secondary N) is 1. The van der Waals surface area contributed by atoms with Crippen LogP contribution in [-0.2, 0) is 11.3 Å². The molecule has 1 saturated heterocycles. The number of hydrogen-bond acceptors (Lipinski definition) is 5. The van der Waals surface area contributed by atoms with Gasteiger partial charge in [0.25, 0.3) is 5.91 Å². The number of ether oxygens (including phenoxy) is 2. The van der Waals surface area contributed by atoms with Crippen molar-refractivity contribution in [1.82, 2.24) is 4.90 Å². The van der Waals surface area contributed by atoms with Crippen molar-refractivity contribution in [2.24, 2.45) is 0 Å². The van der Waals surface area contributed by atoms with Crippen molar-refractivity contribution in [3.8, 4) is 11.5 Å². The molecule has 3 aromatic carbocycles. The van der Waals surface area contributed by atoms with Gasteiger partial charge in [0.1, 0.15) is 18.6 Å². The first kappa shape index (κ1) is 20.5. The van der Waals surface area contributed by atoms with Crippen molar-refractivity contribution in [1.29, 1.82) is 0 Å². The SMILES string of the molecule is O=C(Nc1ccc2c(c1)OCCO2)c1ccc([C@@H]2SCC(=O)N2Cc2ccccc2)cc1. The minimum atomic E-state index is -0.204. The van der Waals surface area contributed by atoms with Gasteiger partial charge in [0.05, 0.1) is 5.75 Å². The highest BCUT2D eigenvalue weighted by molar-refractivity contribution is 8.00. The smallest absolute Gasteiger partial charge is 0.255 e. The highest BCUT2D eigenvalue weighted by Gasteiger charge is 2.32. The molecule has 1 fully saturated rings. The molecule has 0 unspecified atom stereocenters. The minimum absolute atomic E-state index is 0.0578. The predicted octanol–water partition coefficient (Wildman–Crippen LogP) is 4.48. The molecule has 2 amide bonds. The molecule has 1 N–H and O–H groups in total. The molecule has 2 aliphatic heterocycles. The van der Waals surface area contributed by atoms with E-state index in [0.29, 0.717) is 48.3 Å². The third-order valence-corrected chi connectivity index (χ3v) is 6.68. The summed E-state index contributed by atoms with van der Waals surface area (Å²) in [7, 11) is 0. The number of carbonyl (C=O) groups is 2. The van der Waals surface area contributed by atoms with Gasteiger partial charge in [0.15, 0.2) is 11.5 Å². The fourth-order valence-corrected chi connectivity index (χ4v) is 4.99. The van der Waals surface area contributed by atoms with E-state index in [2.05, 4.69) is 5.32 Å². The van der Waals surface area contributed by atoms with Gasteiger partial charge in [0.2, 0.25) is 5.91 Å². The zero-order chi connectivity index (χ0) is 21.9. The Morgan fingerprint density at radius 2 is 1.72 bits per heavy atom. The largest absolute Gasteiger partial charge is 0.486 e. The van der Waals surface area contributed by atoms with Crippen molar-refractivity contribution in [3.63, 3.8) is 0 Å². The van der Waals surface area contributed by atoms with E-state index in [9.17, 15) is 9.59 Å². The zero-order valence-corrected chi connectivity index (χ0v) is 18.1. The van der Waals surface area contributed by atoms with E-state index in [0.717, 1.165) is 11.1 Å². The number of nitrogens with zero attached hydrogens (tertiary/aromatic N) is 1. The van der Waals surface area contributed by atoms with Gasteiger partial charge < -0.3 is 19.7 Å². The quantitative estimate of drug-likeness (QED) is 0.626. The van der Waals surface area contributed by atoms with Crippen LogP contribution < -0.4 is 14.8 Å². The van der Waals surface area contributed by atoms with Crippen LogP contribution in [0.4, 0.5) is 5.69 Å². The lowest BCUT2D eigenvalue weighted by Crippen LogP contribution is -2.27. The van der Waals surface area contributed by atoms with Crippen molar-refractivity contribution in [2.45, 2.75) is 11.9 Å². The molecule has 0 saturated carbocycles. The Bertz CT molecular complexity index is 1130. The van der Waals surface area contributed by atoms with Crippen molar-refractivity contribution >= 4 is 29.3 Å². The van der Waals surface area contributed by atoms with Gasteiger partial charge in [-0.3, -0.25) is 9.59 Å². The topological polar surface area (TPSA) is 67.9 Å². The monoisotopic (exact) mass is 446 g/mol. The molecule has 3 aromatic rings. The summed E-state index contributed by atoms with van der Waals surface area (Å²) in [6.45, 7) is 1.59. The van der Waals surface area contributed by atoms with Crippen molar-refractivity contribution in [3.05, 3.63) is 89.5 Å². The Hall–Kier alpha value is -3.45. The van der Waals surface area contributed by atoms with Crippen LogP contribution in [0.15, 0.2) is 72.8 Å². The van der Waals surface area contributed by atoms with E-state index in [-0.39, 0.29) is 17.2 Å². The predicted molar refractivity (Wildman–Crippen MR) is 124 cm³/mol. The second-order valence-electron chi connectivity index (χ2n) is 7.61. The lowest BCUT2D eigenvalue weighted by molar-refractivity contribution is -0.128. The number of fused-ring (bicyclic) bond motifs is 1. The summed E-state index contributed by atoms with van der Waals surface area (Å²) >= 11 is 1.61.